The van der Waals surface area contributed by atoms with Crippen LogP contribution >= 0.6 is 0 Å². The molecule has 1 aromatic heterocycles. The van der Waals surface area contributed by atoms with E-state index in [1.165, 1.54) is 24.1 Å². The van der Waals surface area contributed by atoms with Crippen molar-refractivity contribution in [3.05, 3.63) is 47.0 Å². The number of hydrazone groups is 1. The molecule has 1 aliphatic carbocycles. The van der Waals surface area contributed by atoms with Gasteiger partial charge in [0.1, 0.15) is 11.5 Å². The Bertz CT molecular complexity index is 1270. The van der Waals surface area contributed by atoms with Gasteiger partial charge in [0.25, 0.3) is 0 Å². The number of amides is 2. The van der Waals surface area contributed by atoms with Crippen molar-refractivity contribution < 1.29 is 13.6 Å². The maximum atomic E-state index is 14.5. The molecule has 0 aromatic carbocycles. The fourth-order valence-corrected chi connectivity index (χ4v) is 4.97. The van der Waals surface area contributed by atoms with E-state index in [9.17, 15) is 18.8 Å². The molecule has 1 saturated heterocycles. The largest absolute Gasteiger partial charge is 0.402 e. The van der Waals surface area contributed by atoms with E-state index in [-0.39, 0.29) is 52.5 Å². The van der Waals surface area contributed by atoms with Crippen LogP contribution in [0.1, 0.15) is 32.9 Å². The average Bonchev–Trinajstić information content (AvgIpc) is 3.35. The Labute approximate surface area is 214 Å². The van der Waals surface area contributed by atoms with E-state index >= 15 is 0 Å². The van der Waals surface area contributed by atoms with Gasteiger partial charge in [-0.1, -0.05) is 6.92 Å². The number of rotatable bonds is 4. The zero-order valence-electron chi connectivity index (χ0n) is 20.9. The molecule has 2 unspecified atom stereocenters. The molecule has 10 nitrogen and oxygen atoms in total. The first-order valence-electron chi connectivity index (χ1n) is 12.0. The molecule has 1 aromatic rings. The normalized spacial score (nSPS) is 24.3. The number of nitrogens with zero attached hydrogens (tertiary/aromatic N) is 7. The molecule has 2 amide bonds. The number of nitrogens with one attached hydrogen (secondary N) is 1. The molecule has 37 heavy (non-hydrogen) atoms. The number of anilines is 1. The van der Waals surface area contributed by atoms with Crippen molar-refractivity contribution in [3.8, 4) is 6.07 Å². The number of halogens is 2. The molecule has 4 rings (SSSR count). The molecule has 1 fully saturated rings. The molecule has 3 aliphatic rings. The van der Waals surface area contributed by atoms with Gasteiger partial charge in [0, 0.05) is 67.3 Å². The van der Waals surface area contributed by atoms with Gasteiger partial charge in [-0.2, -0.15) is 10.4 Å². The van der Waals surface area contributed by atoms with E-state index < -0.39 is 11.6 Å². The lowest BCUT2D eigenvalue weighted by molar-refractivity contribution is 0.122. The number of carbonyl (C=O) groups is 1. The molecule has 194 valence electrons. The van der Waals surface area contributed by atoms with Crippen LogP contribution in [0.15, 0.2) is 40.5 Å². The first-order chi connectivity index (χ1) is 17.6. The molecule has 0 radical (unpaired) electrons. The maximum Gasteiger partial charge on any atom is 0.340 e. The van der Waals surface area contributed by atoms with Gasteiger partial charge >= 0.3 is 6.03 Å². The third-order valence-corrected chi connectivity index (χ3v) is 6.92. The number of allylic oxidation sites excluding steroid dienone is 5. The number of piperazine rings is 1. The summed E-state index contributed by atoms with van der Waals surface area (Å²) < 4.78 is 28.7. The van der Waals surface area contributed by atoms with Crippen LogP contribution in [0.5, 0.6) is 0 Å². The third kappa shape index (κ3) is 5.07. The average molecular weight is 510 g/mol. The quantitative estimate of drug-likeness (QED) is 0.598. The molecule has 3 atom stereocenters. The van der Waals surface area contributed by atoms with Crippen molar-refractivity contribution >= 4 is 29.5 Å². The van der Waals surface area contributed by atoms with Crippen LogP contribution in [0.25, 0.3) is 5.57 Å². The summed E-state index contributed by atoms with van der Waals surface area (Å²) >= 11 is 0. The SMILES string of the molecule is CC(=N)/C(=C(/C)N)c1nc(N2CCN(C(=O)N3N=CC[C@H]3C3C=C(F)C=C(C#N)C3C)CC2)ncc1F. The highest BCUT2D eigenvalue weighted by Crippen LogP contribution is 2.36. The van der Waals surface area contributed by atoms with Gasteiger partial charge in [0.15, 0.2) is 5.82 Å². The van der Waals surface area contributed by atoms with Crippen LogP contribution in [-0.4, -0.2) is 70.1 Å². The second kappa shape index (κ2) is 10.5. The Morgan fingerprint density at radius 2 is 1.95 bits per heavy atom. The molecule has 0 bridgehead atoms. The van der Waals surface area contributed by atoms with Gasteiger partial charge in [-0.3, -0.25) is 0 Å². The van der Waals surface area contributed by atoms with Crippen LogP contribution in [-0.2, 0) is 0 Å². The van der Waals surface area contributed by atoms with Gasteiger partial charge in [0.05, 0.1) is 18.3 Å². The molecule has 0 saturated carbocycles. The Balaban J connectivity index is 1.46. The van der Waals surface area contributed by atoms with E-state index in [1.807, 2.05) is 11.8 Å². The summed E-state index contributed by atoms with van der Waals surface area (Å²) in [6.45, 7) is 6.46. The lowest BCUT2D eigenvalue weighted by atomic mass is 9.78. The Morgan fingerprint density at radius 3 is 2.57 bits per heavy atom. The second-order valence-corrected chi connectivity index (χ2v) is 9.38. The second-order valence-electron chi connectivity index (χ2n) is 9.38. The Kier molecular flexibility index (Phi) is 7.33. The van der Waals surface area contributed by atoms with Crippen LogP contribution in [0.2, 0.25) is 0 Å². The monoisotopic (exact) mass is 509 g/mol. The van der Waals surface area contributed by atoms with E-state index in [1.54, 1.807) is 18.0 Å². The smallest absolute Gasteiger partial charge is 0.340 e. The van der Waals surface area contributed by atoms with Crippen molar-refractivity contribution in [1.29, 1.82) is 10.7 Å². The molecular weight excluding hydrogens is 480 g/mol. The zero-order chi connectivity index (χ0) is 26.9. The van der Waals surface area contributed by atoms with E-state index in [0.717, 1.165) is 6.20 Å². The van der Waals surface area contributed by atoms with Crippen LogP contribution in [0.3, 0.4) is 0 Å². The van der Waals surface area contributed by atoms with Crippen molar-refractivity contribution in [2.45, 2.75) is 33.2 Å². The van der Waals surface area contributed by atoms with Crippen molar-refractivity contribution in [2.75, 3.05) is 31.1 Å². The van der Waals surface area contributed by atoms with Gasteiger partial charge in [-0.05, 0) is 31.9 Å². The number of aromatic nitrogens is 2. The lowest BCUT2D eigenvalue weighted by Gasteiger charge is -2.39. The number of hydrogen-bond acceptors (Lipinski definition) is 8. The predicted octanol–water partition coefficient (Wildman–Crippen LogP) is 3.22. The minimum Gasteiger partial charge on any atom is -0.402 e. The molecule has 2 aliphatic heterocycles. The number of carbonyl (C=O) groups excluding carboxylic acids is 1. The zero-order valence-corrected chi connectivity index (χ0v) is 20.9. The first-order valence-corrected chi connectivity index (χ1v) is 12.0. The van der Waals surface area contributed by atoms with Crippen LogP contribution in [0.4, 0.5) is 19.5 Å². The summed E-state index contributed by atoms with van der Waals surface area (Å²) in [4.78, 5) is 25.3. The number of hydrogen-bond donors (Lipinski definition) is 2. The highest BCUT2D eigenvalue weighted by atomic mass is 19.1. The predicted molar refractivity (Wildman–Crippen MR) is 136 cm³/mol. The number of nitriles is 1. The number of nitrogens with two attached hydrogens (primary N) is 1. The minimum atomic E-state index is -0.668. The van der Waals surface area contributed by atoms with Gasteiger partial charge in [-0.25, -0.2) is 28.6 Å². The third-order valence-electron chi connectivity index (χ3n) is 6.92. The van der Waals surface area contributed by atoms with E-state index in [0.29, 0.717) is 38.2 Å². The van der Waals surface area contributed by atoms with Gasteiger partial charge < -0.3 is 20.9 Å². The highest BCUT2D eigenvalue weighted by Gasteiger charge is 2.40. The van der Waals surface area contributed by atoms with Gasteiger partial charge in [-0.15, -0.1) is 0 Å². The lowest BCUT2D eigenvalue weighted by Crippen LogP contribution is -2.54. The Morgan fingerprint density at radius 1 is 1.24 bits per heavy atom. The molecule has 3 N–H and O–H groups in total. The van der Waals surface area contributed by atoms with Crippen LogP contribution in [0, 0.1) is 34.4 Å². The fourth-order valence-electron chi connectivity index (χ4n) is 4.97. The summed E-state index contributed by atoms with van der Waals surface area (Å²) in [5, 5.41) is 23.0. The molecule has 3 heterocycles. The van der Waals surface area contributed by atoms with Crippen molar-refractivity contribution in [1.82, 2.24) is 19.9 Å². The molecule has 0 spiro atoms. The fraction of sp³-hybridized carbons (Fsp3) is 0.440. The maximum absolute atomic E-state index is 14.5. The van der Waals surface area contributed by atoms with E-state index in [4.69, 9.17) is 11.1 Å². The summed E-state index contributed by atoms with van der Waals surface area (Å²) in [5.41, 5.74) is 6.79. The topological polar surface area (TPSA) is 139 Å². The summed E-state index contributed by atoms with van der Waals surface area (Å²) in [6.07, 6.45) is 5.88. The highest BCUT2D eigenvalue weighted by molar-refractivity contribution is 6.21. The van der Waals surface area contributed by atoms with Crippen LogP contribution < -0.4 is 10.6 Å². The standard InChI is InChI=1S/C25H29F2N9O/c1-14-17(12-28)10-18(26)11-19(14)21-4-5-32-36(21)25(37)35-8-6-34(7-9-35)24-31-13-20(27)23(33-24)22(15(2)29)16(3)30/h5,10-11,13-14,19,21,29H,4,6-9,30H2,1-3H3/b22-16+,29-15?/t14?,19?,21-/m0/s1. The summed E-state index contributed by atoms with van der Waals surface area (Å²) in [6, 6.07) is 1.37. The Hall–Kier alpha value is -4.14. The summed E-state index contributed by atoms with van der Waals surface area (Å²) in [7, 11) is 0. The summed E-state index contributed by atoms with van der Waals surface area (Å²) in [5.74, 6) is -1.48. The number of urea groups is 1. The van der Waals surface area contributed by atoms with E-state index in [2.05, 4.69) is 21.1 Å². The van der Waals surface area contributed by atoms with Gasteiger partial charge in [0.2, 0.25) is 5.95 Å². The minimum absolute atomic E-state index is 0.0297. The molecular formula is C25H29F2N9O. The van der Waals surface area contributed by atoms with Crippen molar-refractivity contribution in [3.63, 3.8) is 0 Å². The molecule has 12 heteroatoms. The first kappa shape index (κ1) is 25.9. The van der Waals surface area contributed by atoms with Crippen molar-refractivity contribution in [2.24, 2.45) is 22.7 Å².